The topological polar surface area (TPSA) is 6.48 Å². The van der Waals surface area contributed by atoms with Gasteiger partial charge in [0.2, 0.25) is 0 Å². The van der Waals surface area contributed by atoms with Gasteiger partial charge >= 0.3 is 0 Å². The van der Waals surface area contributed by atoms with Crippen molar-refractivity contribution in [3.8, 4) is 0 Å². The standard InChI is InChI=1S/C23H28N2/c1-15-9-6-7-12-20(15)25-19(5)21-14-13-18(4)24(21)23(25)22-16(2)10-8-11-17(22)3/h6-14,18-19,21,23H,1-5H3/t18?,19-,21?,23?/m0/s1/i18D. The lowest BCUT2D eigenvalue weighted by Gasteiger charge is -2.37. The molecular formula is C23H28N2. The fraction of sp³-hybridized carbons (Fsp3) is 0.391. The van der Waals surface area contributed by atoms with E-state index in [0.717, 1.165) is 0 Å². The molecular weight excluding hydrogens is 304 g/mol. The largest absolute Gasteiger partial charge is 0.347 e. The maximum absolute atomic E-state index is 8.94. The first-order chi connectivity index (χ1) is 12.3. The Kier molecular flexibility index (Phi) is 3.67. The molecule has 4 rings (SSSR count). The number of fused-ring (bicyclic) bond motifs is 1. The molecule has 2 heterocycles. The third-order valence-corrected chi connectivity index (χ3v) is 5.92. The molecule has 4 atom stereocenters. The van der Waals surface area contributed by atoms with Crippen molar-refractivity contribution in [3.05, 3.63) is 76.9 Å². The van der Waals surface area contributed by atoms with Crippen LogP contribution in [0.5, 0.6) is 0 Å². The van der Waals surface area contributed by atoms with Gasteiger partial charge < -0.3 is 4.90 Å². The zero-order valence-corrected chi connectivity index (χ0v) is 15.8. The smallest absolute Gasteiger partial charge is 0.110 e. The average molecular weight is 333 g/mol. The van der Waals surface area contributed by atoms with E-state index in [1.807, 2.05) is 6.92 Å². The molecule has 2 aliphatic rings. The number of para-hydroxylation sites is 1. The minimum Gasteiger partial charge on any atom is -0.347 e. The summed E-state index contributed by atoms with van der Waals surface area (Å²) in [4.78, 5) is 4.91. The minimum absolute atomic E-state index is 0.0646. The monoisotopic (exact) mass is 333 g/mol. The first kappa shape index (κ1) is 15.2. The van der Waals surface area contributed by atoms with Gasteiger partial charge in [0.25, 0.3) is 0 Å². The first-order valence-corrected chi connectivity index (χ1v) is 9.21. The Labute approximate surface area is 153 Å². The summed E-state index contributed by atoms with van der Waals surface area (Å²) in [7, 11) is 0. The Balaban J connectivity index is 1.95. The van der Waals surface area contributed by atoms with Crippen LogP contribution in [0.15, 0.2) is 54.6 Å². The molecule has 0 spiro atoms. The summed E-state index contributed by atoms with van der Waals surface area (Å²) in [6.45, 7) is 10.9. The van der Waals surface area contributed by atoms with E-state index in [0.29, 0.717) is 6.04 Å². The number of nitrogens with zero attached hydrogens (tertiary/aromatic N) is 2. The van der Waals surface area contributed by atoms with E-state index in [4.69, 9.17) is 1.37 Å². The molecule has 0 aliphatic carbocycles. The van der Waals surface area contributed by atoms with Crippen LogP contribution in [0.25, 0.3) is 0 Å². The Morgan fingerprint density at radius 3 is 2.16 bits per heavy atom. The number of anilines is 1. The summed E-state index contributed by atoms with van der Waals surface area (Å²) in [5, 5.41) is 0. The second kappa shape index (κ2) is 6.03. The van der Waals surface area contributed by atoms with E-state index < -0.39 is 6.02 Å². The van der Waals surface area contributed by atoms with Gasteiger partial charge in [-0.05, 0) is 62.9 Å². The van der Waals surface area contributed by atoms with Crippen molar-refractivity contribution in [2.75, 3.05) is 4.90 Å². The zero-order valence-electron chi connectivity index (χ0n) is 16.8. The quantitative estimate of drug-likeness (QED) is 0.701. The number of hydrogen-bond donors (Lipinski definition) is 0. The summed E-state index contributed by atoms with van der Waals surface area (Å²) >= 11 is 0. The van der Waals surface area contributed by atoms with Crippen LogP contribution >= 0.6 is 0 Å². The molecule has 130 valence electrons. The van der Waals surface area contributed by atoms with Crippen molar-refractivity contribution >= 4 is 5.69 Å². The van der Waals surface area contributed by atoms with Crippen LogP contribution in [0, 0.1) is 20.8 Å². The van der Waals surface area contributed by atoms with E-state index in [-0.39, 0.29) is 12.2 Å². The van der Waals surface area contributed by atoms with Crippen LogP contribution in [0.1, 0.15) is 43.6 Å². The normalized spacial score (nSPS) is 32.1. The highest BCUT2D eigenvalue weighted by Crippen LogP contribution is 2.47. The second-order valence-corrected chi connectivity index (χ2v) is 7.51. The Bertz CT molecular complexity index is 850. The van der Waals surface area contributed by atoms with Crippen molar-refractivity contribution in [3.63, 3.8) is 0 Å². The summed E-state index contributed by atoms with van der Waals surface area (Å²) < 4.78 is 8.94. The van der Waals surface area contributed by atoms with Crippen LogP contribution in [-0.4, -0.2) is 23.0 Å². The number of rotatable bonds is 2. The molecule has 2 aromatic rings. The highest BCUT2D eigenvalue weighted by molar-refractivity contribution is 5.59. The van der Waals surface area contributed by atoms with Crippen molar-refractivity contribution in [1.82, 2.24) is 4.90 Å². The third-order valence-electron chi connectivity index (χ3n) is 5.92. The van der Waals surface area contributed by atoms with E-state index >= 15 is 0 Å². The molecule has 1 fully saturated rings. The summed E-state index contributed by atoms with van der Waals surface area (Å²) in [5.41, 5.74) is 6.49. The van der Waals surface area contributed by atoms with Gasteiger partial charge in [0, 0.05) is 17.7 Å². The highest BCUT2D eigenvalue weighted by Gasteiger charge is 2.49. The third kappa shape index (κ3) is 2.43. The van der Waals surface area contributed by atoms with E-state index in [9.17, 15) is 0 Å². The highest BCUT2D eigenvalue weighted by atomic mass is 15.5. The minimum atomic E-state index is -0.699. The maximum Gasteiger partial charge on any atom is 0.110 e. The maximum atomic E-state index is 8.94. The lowest BCUT2D eigenvalue weighted by molar-refractivity contribution is 0.204. The van der Waals surface area contributed by atoms with Crippen molar-refractivity contribution in [1.29, 1.82) is 0 Å². The lowest BCUT2D eigenvalue weighted by atomic mass is 9.98. The van der Waals surface area contributed by atoms with Gasteiger partial charge in [0.1, 0.15) is 6.17 Å². The van der Waals surface area contributed by atoms with Crippen LogP contribution in [0.2, 0.25) is 0 Å². The molecule has 0 amide bonds. The molecule has 2 heteroatoms. The number of hydrogen-bond acceptors (Lipinski definition) is 2. The molecule has 1 saturated heterocycles. The van der Waals surface area contributed by atoms with Gasteiger partial charge in [-0.2, -0.15) is 0 Å². The average Bonchev–Trinajstić information content (AvgIpc) is 3.04. The molecule has 0 N–H and O–H groups in total. The van der Waals surface area contributed by atoms with Gasteiger partial charge in [0.05, 0.1) is 7.41 Å². The number of benzene rings is 2. The van der Waals surface area contributed by atoms with Crippen molar-refractivity contribution in [2.24, 2.45) is 0 Å². The number of aryl methyl sites for hydroxylation is 3. The fourth-order valence-electron chi connectivity index (χ4n) is 4.64. The molecule has 3 unspecified atom stereocenters. The summed E-state index contributed by atoms with van der Waals surface area (Å²) in [6.07, 6.45) is 4.36. The molecule has 0 bridgehead atoms. The Hall–Kier alpha value is -2.06. The summed E-state index contributed by atoms with van der Waals surface area (Å²) in [6, 6.07) is 15.0. The molecule has 2 nitrogen and oxygen atoms in total. The van der Waals surface area contributed by atoms with Gasteiger partial charge in [-0.3, -0.25) is 4.90 Å². The Morgan fingerprint density at radius 1 is 0.840 bits per heavy atom. The van der Waals surface area contributed by atoms with E-state index in [1.165, 1.54) is 27.9 Å². The van der Waals surface area contributed by atoms with Crippen LogP contribution in [0.4, 0.5) is 5.69 Å². The molecule has 2 aromatic carbocycles. The lowest BCUT2D eigenvalue weighted by Crippen LogP contribution is -2.37. The molecule has 2 aliphatic heterocycles. The Morgan fingerprint density at radius 2 is 1.48 bits per heavy atom. The van der Waals surface area contributed by atoms with E-state index in [1.54, 1.807) is 0 Å². The van der Waals surface area contributed by atoms with Crippen LogP contribution < -0.4 is 4.90 Å². The van der Waals surface area contributed by atoms with Gasteiger partial charge in [-0.15, -0.1) is 0 Å². The van der Waals surface area contributed by atoms with Gasteiger partial charge in [0.15, 0.2) is 0 Å². The summed E-state index contributed by atoms with van der Waals surface area (Å²) in [5.74, 6) is 0. The molecule has 0 saturated carbocycles. The fourth-order valence-corrected chi connectivity index (χ4v) is 4.64. The van der Waals surface area contributed by atoms with Gasteiger partial charge in [-0.25, -0.2) is 0 Å². The SMILES string of the molecule is [2H]C1(C)C=CC2[C@H](C)N(c3ccccc3C)C(c3c(C)cccc3C)N21. The van der Waals surface area contributed by atoms with Gasteiger partial charge in [-0.1, -0.05) is 48.6 Å². The molecule has 0 radical (unpaired) electrons. The zero-order chi connectivity index (χ0) is 18.6. The molecule has 25 heavy (non-hydrogen) atoms. The van der Waals surface area contributed by atoms with Crippen molar-refractivity contribution in [2.45, 2.75) is 58.9 Å². The van der Waals surface area contributed by atoms with Crippen LogP contribution in [-0.2, 0) is 0 Å². The molecule has 0 aromatic heterocycles. The first-order valence-electron chi connectivity index (χ1n) is 9.71. The van der Waals surface area contributed by atoms with E-state index in [2.05, 4.69) is 92.1 Å². The predicted molar refractivity (Wildman–Crippen MR) is 106 cm³/mol. The van der Waals surface area contributed by atoms with Crippen molar-refractivity contribution < 1.29 is 1.37 Å². The van der Waals surface area contributed by atoms with Crippen LogP contribution in [0.3, 0.4) is 0 Å². The second-order valence-electron chi connectivity index (χ2n) is 7.51. The predicted octanol–water partition coefficient (Wildman–Crippen LogP) is 5.15.